The van der Waals surface area contributed by atoms with Crippen LogP contribution in [0, 0.1) is 40.9 Å². The van der Waals surface area contributed by atoms with Gasteiger partial charge in [0.25, 0.3) is 0 Å². The zero-order chi connectivity index (χ0) is 78.4. The molecule has 4 rings (SSSR count). The van der Waals surface area contributed by atoms with Gasteiger partial charge in [-0.15, -0.1) is 0 Å². The minimum absolute atomic E-state index is 0.00967. The van der Waals surface area contributed by atoms with Gasteiger partial charge in [-0.25, -0.2) is 4.79 Å². The number of amides is 12. The molecule has 0 bridgehead atoms. The Hall–Kier alpha value is -7.71. The van der Waals surface area contributed by atoms with Gasteiger partial charge in [-0.2, -0.15) is 0 Å². The normalized spacial score (nSPS) is 18.6. The van der Waals surface area contributed by atoms with Crippen LogP contribution in [0.25, 0.3) is 0 Å². The van der Waals surface area contributed by atoms with Gasteiger partial charge in [0.15, 0.2) is 0 Å². The molecule has 2 aromatic carbocycles. The number of piperidine rings is 1. The van der Waals surface area contributed by atoms with Gasteiger partial charge in [0.1, 0.15) is 24.2 Å². The lowest BCUT2D eigenvalue weighted by molar-refractivity contribution is -0.148. The molecule has 105 heavy (non-hydrogen) atoms. The Morgan fingerprint density at radius 3 is 1.90 bits per heavy atom. The molecule has 590 valence electrons. The van der Waals surface area contributed by atoms with Crippen molar-refractivity contribution in [3.8, 4) is 0 Å². The number of nitrogens with two attached hydrogens (primary N) is 1. The Morgan fingerprint density at radius 1 is 0.657 bits per heavy atom. The number of nitrogens with one attached hydrogen (secondary N) is 8. The van der Waals surface area contributed by atoms with Crippen molar-refractivity contribution in [2.24, 2.45) is 46.7 Å². The van der Waals surface area contributed by atoms with E-state index in [1.165, 1.54) is 7.11 Å². The highest BCUT2D eigenvalue weighted by atomic mass is 16.5. The van der Waals surface area contributed by atoms with Crippen LogP contribution in [-0.2, 0) is 70.4 Å². The number of ether oxygens (including phenoxy) is 2. The smallest absolute Gasteiger partial charge is 0.312 e. The molecule has 2 aliphatic heterocycles. The Bertz CT molecular complexity index is 3120. The lowest BCUT2D eigenvalue weighted by Crippen LogP contribution is -2.60. The number of methoxy groups -OCH3 is 2. The second kappa shape index (κ2) is 44.4. The van der Waals surface area contributed by atoms with Crippen LogP contribution in [0.15, 0.2) is 54.6 Å². The minimum atomic E-state index is -1.13. The van der Waals surface area contributed by atoms with Gasteiger partial charge >= 0.3 is 6.03 Å². The molecule has 2 aliphatic rings. The van der Waals surface area contributed by atoms with Crippen LogP contribution < -0.4 is 48.3 Å². The number of rotatable bonds is 44. The topological polar surface area (TPSA) is 341 Å². The molecule has 2 heterocycles. The van der Waals surface area contributed by atoms with Crippen LogP contribution in [0.1, 0.15) is 197 Å². The van der Waals surface area contributed by atoms with E-state index >= 15 is 0 Å². The molecule has 0 radical (unpaired) electrons. The molecule has 12 amide bonds. The summed E-state index contributed by atoms with van der Waals surface area (Å²) in [7, 11) is 8.56. The van der Waals surface area contributed by atoms with Crippen LogP contribution in [0.5, 0.6) is 0 Å². The van der Waals surface area contributed by atoms with Crippen molar-refractivity contribution in [2.45, 2.75) is 260 Å². The van der Waals surface area contributed by atoms with Crippen molar-refractivity contribution in [3.05, 3.63) is 65.7 Å². The molecule has 2 aromatic rings. The number of unbranched alkanes of at least 4 members (excludes halogenated alkanes) is 2. The number of hydrogen-bond acceptors (Lipinski definition) is 14. The number of benzene rings is 2. The fraction of sp³-hybridized carbons (Fsp3) is 0.709. The third-order valence-electron chi connectivity index (χ3n) is 21.3. The number of likely N-dealkylation sites (N-methyl/N-ethyl adjacent to an activating group) is 2. The first kappa shape index (κ1) is 89.7. The van der Waals surface area contributed by atoms with E-state index in [1.54, 1.807) is 73.9 Å². The summed E-state index contributed by atoms with van der Waals surface area (Å²) in [5.74, 6) is -5.08. The highest BCUT2D eigenvalue weighted by Crippen LogP contribution is 2.33. The van der Waals surface area contributed by atoms with Crippen molar-refractivity contribution < 1.29 is 62.2 Å². The van der Waals surface area contributed by atoms with Crippen molar-refractivity contribution in [3.63, 3.8) is 0 Å². The molecule has 10 N–H and O–H groups in total. The van der Waals surface area contributed by atoms with E-state index in [-0.39, 0.29) is 110 Å². The summed E-state index contributed by atoms with van der Waals surface area (Å²) in [6.45, 7) is 27.0. The first-order chi connectivity index (χ1) is 49.6. The number of primary amides is 1. The number of urea groups is 1. The number of hydrogen-bond donors (Lipinski definition) is 9. The van der Waals surface area contributed by atoms with Gasteiger partial charge < -0.3 is 72.4 Å². The van der Waals surface area contributed by atoms with Crippen molar-refractivity contribution >= 4 is 70.8 Å². The molecule has 26 heteroatoms. The van der Waals surface area contributed by atoms with E-state index in [0.717, 1.165) is 37.7 Å². The lowest BCUT2D eigenvalue weighted by Gasteiger charge is -2.42. The largest absolute Gasteiger partial charge is 0.379 e. The Labute approximate surface area is 626 Å². The highest BCUT2D eigenvalue weighted by Gasteiger charge is 2.45. The number of carbonyl (C=O) groups is 11. The predicted molar refractivity (Wildman–Crippen MR) is 408 cm³/mol. The van der Waals surface area contributed by atoms with E-state index in [2.05, 4.69) is 77.2 Å². The van der Waals surface area contributed by atoms with Gasteiger partial charge in [0, 0.05) is 90.9 Å². The Morgan fingerprint density at radius 2 is 1.31 bits per heavy atom. The Balaban J connectivity index is 1.43. The first-order valence-electron chi connectivity index (χ1n) is 38.5. The lowest BCUT2D eigenvalue weighted by atomic mass is 9.78. The summed E-state index contributed by atoms with van der Waals surface area (Å²) in [5.41, 5.74) is 6.75. The van der Waals surface area contributed by atoms with E-state index in [1.807, 2.05) is 83.9 Å². The molecule has 2 fully saturated rings. The molecule has 0 saturated carbocycles. The van der Waals surface area contributed by atoms with Crippen LogP contribution in [0.4, 0.5) is 10.5 Å². The molecular formula is C79H131N13O13. The molecule has 0 spiro atoms. The van der Waals surface area contributed by atoms with Gasteiger partial charge in [-0.05, 0) is 118 Å². The second-order valence-corrected chi connectivity index (χ2v) is 31.0. The standard InChI is InChI=1S/C79H131N13O13/c1-19-22-26-40-79(12,13)70(89(14)15)76(101)88-67(50(6)7)77(102)90(16)68(52(9)21-3)62(104-17)46-65(95)92-42-28-32-61(92)69(105-18)54(11)71(96)86-60(45-55-29-24-23-25-30-55)73(98)83-48-56-33-35-58(36-34-56)84-74(99)59(31-27-41-81-78(80)103)85-75(100)66(49(4)5)87-63(93)37-38-64(94)91-43-39-57(44-53(91)10)72(97)82-47-51(8)20-2/h23-25,29-30,33-36,49-54,57,59-62,66-70H,19-22,26-28,31-32,37-48H2,1-18H3,(H,82,97)(H,83,98)(H,84,99)(H,85,100)(H,86,96)(H,87,93)(H,88,101)(H3,80,81,103)/t51?,52-,53-,54+,57-,59-,60-,61-,62+,66-,67-,68-,69+,70+/m0/s1. The molecular weight excluding hydrogens is 1340 g/mol. The number of nitrogens with zero attached hydrogens (tertiary/aromatic N) is 4. The third kappa shape index (κ3) is 27.9. The second-order valence-electron chi connectivity index (χ2n) is 31.0. The van der Waals surface area contributed by atoms with E-state index < -0.39 is 102 Å². The molecule has 1 unspecified atom stereocenters. The van der Waals surface area contributed by atoms with Crippen molar-refractivity contribution in [2.75, 3.05) is 66.9 Å². The van der Waals surface area contributed by atoms with E-state index in [9.17, 15) is 52.7 Å². The summed E-state index contributed by atoms with van der Waals surface area (Å²) in [5, 5.41) is 23.0. The molecule has 14 atom stereocenters. The average molecular weight is 1470 g/mol. The third-order valence-corrected chi connectivity index (χ3v) is 21.3. The van der Waals surface area contributed by atoms with Crippen molar-refractivity contribution in [1.29, 1.82) is 0 Å². The van der Waals surface area contributed by atoms with E-state index in [0.29, 0.717) is 68.9 Å². The van der Waals surface area contributed by atoms with Gasteiger partial charge in [0.05, 0.1) is 42.7 Å². The van der Waals surface area contributed by atoms with Crippen LogP contribution >= 0.6 is 0 Å². The van der Waals surface area contributed by atoms with Gasteiger partial charge in [-0.3, -0.25) is 52.8 Å². The van der Waals surface area contributed by atoms with Gasteiger partial charge in [0.2, 0.25) is 59.1 Å². The summed E-state index contributed by atoms with van der Waals surface area (Å²) < 4.78 is 12.3. The molecule has 0 aromatic heterocycles. The molecule has 26 nitrogen and oxygen atoms in total. The maximum atomic E-state index is 14.8. The fourth-order valence-electron chi connectivity index (χ4n) is 14.7. The zero-order valence-corrected chi connectivity index (χ0v) is 66.5. The Kier molecular flexibility index (Phi) is 37.9. The maximum Gasteiger partial charge on any atom is 0.312 e. The summed E-state index contributed by atoms with van der Waals surface area (Å²) in [6.07, 6.45) is 6.43. The number of anilines is 1. The number of carbonyl (C=O) groups excluding carboxylic acids is 11. The average Bonchev–Trinajstić information content (AvgIpc) is 1.78. The van der Waals surface area contributed by atoms with Crippen LogP contribution in [-0.4, -0.2) is 207 Å². The first-order valence-corrected chi connectivity index (χ1v) is 38.5. The summed E-state index contributed by atoms with van der Waals surface area (Å²) in [6, 6.07) is 9.35. The van der Waals surface area contributed by atoms with Crippen LogP contribution in [0.2, 0.25) is 0 Å². The number of likely N-dealkylation sites (tertiary alicyclic amines) is 2. The summed E-state index contributed by atoms with van der Waals surface area (Å²) in [4.78, 5) is 159. The van der Waals surface area contributed by atoms with E-state index in [4.69, 9.17) is 15.2 Å². The van der Waals surface area contributed by atoms with Crippen LogP contribution in [0.3, 0.4) is 0 Å². The zero-order valence-electron chi connectivity index (χ0n) is 66.5. The molecule has 0 aliphatic carbocycles. The summed E-state index contributed by atoms with van der Waals surface area (Å²) >= 11 is 0. The SMILES string of the molecule is CCCCCC(C)(C)[C@@H](C(=O)N[C@H](C(=O)N(C)[C@@H]([C@@H](C)CC)[C@@H](CC(=O)N1CCC[C@H]1[C@H](OC)[C@@H](C)C(=O)N[C@@H](Cc1ccccc1)C(=O)NCc1ccc(NC(=O)[C@H](CCCNC(N)=O)NC(=O)[C@@H](NC(=O)CCC(=O)N2CC[C@H](C(=O)NCC(C)CC)C[C@@H]2C)C(C)C)cc1)OC)C(C)C)N(C)C. The maximum absolute atomic E-state index is 14.8. The minimum Gasteiger partial charge on any atom is -0.379 e. The highest BCUT2D eigenvalue weighted by molar-refractivity contribution is 5.99. The fourth-order valence-corrected chi connectivity index (χ4v) is 14.7. The molecule has 2 saturated heterocycles. The predicted octanol–water partition coefficient (Wildman–Crippen LogP) is 7.21. The van der Waals surface area contributed by atoms with Gasteiger partial charge in [-0.1, -0.05) is 158 Å². The monoisotopic (exact) mass is 1470 g/mol. The van der Waals surface area contributed by atoms with Crippen molar-refractivity contribution in [1.82, 2.24) is 56.8 Å². The quantitative estimate of drug-likeness (QED) is 0.0296.